The van der Waals surface area contributed by atoms with Crippen LogP contribution in [0.3, 0.4) is 0 Å². The zero-order chi connectivity index (χ0) is 14.3. The second kappa shape index (κ2) is 6.97. The molecule has 0 saturated carbocycles. The summed E-state index contributed by atoms with van der Waals surface area (Å²) in [7, 11) is 0. The second-order valence-corrected chi connectivity index (χ2v) is 5.37. The van der Waals surface area contributed by atoms with Crippen molar-refractivity contribution in [2.24, 2.45) is 0 Å². The van der Waals surface area contributed by atoms with Crippen molar-refractivity contribution < 1.29 is 9.53 Å². The van der Waals surface area contributed by atoms with Gasteiger partial charge < -0.3 is 4.74 Å². The lowest BCUT2D eigenvalue weighted by Gasteiger charge is -2.20. The summed E-state index contributed by atoms with van der Waals surface area (Å²) in [4.78, 5) is 15.8. The highest BCUT2D eigenvalue weighted by atomic mass is 16.6. The van der Waals surface area contributed by atoms with E-state index in [-0.39, 0.29) is 0 Å². The molecule has 19 heavy (non-hydrogen) atoms. The van der Waals surface area contributed by atoms with Gasteiger partial charge in [-0.1, -0.05) is 19.4 Å². The molecule has 1 amide bonds. The van der Waals surface area contributed by atoms with Gasteiger partial charge in [0.2, 0.25) is 0 Å². The van der Waals surface area contributed by atoms with E-state index in [1.165, 1.54) is 0 Å². The Balaban J connectivity index is 2.55. The average Bonchev–Trinajstić information content (AvgIpc) is 2.32. The number of aryl methyl sites for hydroxylation is 1. The van der Waals surface area contributed by atoms with Crippen LogP contribution < -0.4 is 10.9 Å². The highest BCUT2D eigenvalue weighted by Crippen LogP contribution is 2.13. The first-order chi connectivity index (χ1) is 8.92. The number of pyridine rings is 1. The Morgan fingerprint density at radius 1 is 1.42 bits per heavy atom. The third-order valence-electron chi connectivity index (χ3n) is 2.37. The molecule has 0 aliphatic carbocycles. The summed E-state index contributed by atoms with van der Waals surface area (Å²) in [6.45, 7) is 7.60. The van der Waals surface area contributed by atoms with Gasteiger partial charge >= 0.3 is 6.09 Å². The van der Waals surface area contributed by atoms with E-state index in [1.807, 2.05) is 32.9 Å². The molecule has 106 valence electrons. The number of aromatic nitrogens is 1. The molecule has 1 aromatic rings. The predicted molar refractivity (Wildman–Crippen MR) is 75.8 cm³/mol. The van der Waals surface area contributed by atoms with Crippen LogP contribution in [0.25, 0.3) is 0 Å². The van der Waals surface area contributed by atoms with Crippen LogP contribution in [0.1, 0.15) is 46.1 Å². The van der Waals surface area contributed by atoms with E-state index >= 15 is 0 Å². The molecule has 1 heterocycles. The second-order valence-electron chi connectivity index (χ2n) is 5.37. The number of anilines is 1. The number of unbranched alkanes of at least 4 members (excludes halogenated alkanes) is 1. The molecule has 0 radical (unpaired) electrons. The zero-order valence-corrected chi connectivity index (χ0v) is 12.1. The van der Waals surface area contributed by atoms with Gasteiger partial charge in [0.25, 0.3) is 0 Å². The van der Waals surface area contributed by atoms with Crippen molar-refractivity contribution in [1.82, 2.24) is 10.4 Å². The van der Waals surface area contributed by atoms with Crippen molar-refractivity contribution >= 4 is 11.9 Å². The SMILES string of the molecule is CCCCc1cccnc1NNC(=O)OC(C)(C)C. The average molecular weight is 265 g/mol. The van der Waals surface area contributed by atoms with Gasteiger partial charge in [-0.25, -0.2) is 15.2 Å². The largest absolute Gasteiger partial charge is 0.443 e. The molecular formula is C14H23N3O2. The first kappa shape index (κ1) is 15.3. The number of nitrogens with one attached hydrogen (secondary N) is 2. The van der Waals surface area contributed by atoms with Crippen molar-refractivity contribution in [2.45, 2.75) is 52.6 Å². The Morgan fingerprint density at radius 3 is 2.79 bits per heavy atom. The summed E-state index contributed by atoms with van der Waals surface area (Å²) in [5.74, 6) is 0.668. The quantitative estimate of drug-likeness (QED) is 0.802. The maximum Gasteiger partial charge on any atom is 0.426 e. The van der Waals surface area contributed by atoms with Crippen LogP contribution in [-0.2, 0) is 11.2 Å². The Hall–Kier alpha value is -1.78. The third-order valence-corrected chi connectivity index (χ3v) is 2.37. The lowest BCUT2D eigenvalue weighted by Crippen LogP contribution is -2.36. The fourth-order valence-corrected chi connectivity index (χ4v) is 1.53. The zero-order valence-electron chi connectivity index (χ0n) is 12.1. The topological polar surface area (TPSA) is 63.2 Å². The summed E-state index contributed by atoms with van der Waals surface area (Å²) in [6.07, 6.45) is 4.32. The number of amides is 1. The van der Waals surface area contributed by atoms with Crippen molar-refractivity contribution in [2.75, 3.05) is 5.43 Å². The lowest BCUT2D eigenvalue weighted by molar-refractivity contribution is 0.0541. The maximum absolute atomic E-state index is 11.5. The standard InChI is InChI=1S/C14H23N3O2/c1-5-6-8-11-9-7-10-15-12(11)16-17-13(18)19-14(2,3)4/h7,9-10H,5-6,8H2,1-4H3,(H,15,16)(H,17,18). The fourth-order valence-electron chi connectivity index (χ4n) is 1.53. The highest BCUT2D eigenvalue weighted by Gasteiger charge is 2.16. The van der Waals surface area contributed by atoms with Crippen molar-refractivity contribution in [1.29, 1.82) is 0 Å². The van der Waals surface area contributed by atoms with Gasteiger partial charge in [0.1, 0.15) is 11.4 Å². The van der Waals surface area contributed by atoms with Crippen molar-refractivity contribution in [3.8, 4) is 0 Å². The van der Waals surface area contributed by atoms with Crippen LogP contribution in [0.2, 0.25) is 0 Å². The number of carbonyl (C=O) groups is 1. The summed E-state index contributed by atoms with van der Waals surface area (Å²) in [5.41, 5.74) is 5.88. The minimum Gasteiger partial charge on any atom is -0.443 e. The first-order valence-electron chi connectivity index (χ1n) is 6.61. The molecule has 5 nitrogen and oxygen atoms in total. The van der Waals surface area contributed by atoms with Crippen LogP contribution in [0.5, 0.6) is 0 Å². The number of hydrazine groups is 1. The van der Waals surface area contributed by atoms with Gasteiger partial charge in [0.15, 0.2) is 0 Å². The van der Waals surface area contributed by atoms with Gasteiger partial charge in [-0.15, -0.1) is 0 Å². The molecule has 0 saturated heterocycles. The van der Waals surface area contributed by atoms with E-state index in [9.17, 15) is 4.79 Å². The Labute approximate surface area is 114 Å². The summed E-state index contributed by atoms with van der Waals surface area (Å²) in [5, 5.41) is 0. The monoisotopic (exact) mass is 265 g/mol. The molecule has 1 rings (SSSR count). The Kier molecular flexibility index (Phi) is 5.60. The van der Waals surface area contributed by atoms with E-state index in [2.05, 4.69) is 22.8 Å². The number of hydrogen-bond donors (Lipinski definition) is 2. The van der Waals surface area contributed by atoms with Crippen LogP contribution >= 0.6 is 0 Å². The third kappa shape index (κ3) is 6.08. The molecule has 1 aromatic heterocycles. The molecular weight excluding hydrogens is 242 g/mol. The molecule has 0 aromatic carbocycles. The van der Waals surface area contributed by atoms with Gasteiger partial charge in [0.05, 0.1) is 0 Å². The predicted octanol–water partition coefficient (Wildman–Crippen LogP) is 3.28. The van der Waals surface area contributed by atoms with E-state index < -0.39 is 11.7 Å². The number of hydrogen-bond acceptors (Lipinski definition) is 4. The van der Waals surface area contributed by atoms with E-state index in [4.69, 9.17) is 4.74 Å². The Bertz CT molecular complexity index is 413. The lowest BCUT2D eigenvalue weighted by atomic mass is 10.1. The van der Waals surface area contributed by atoms with Crippen LogP contribution in [-0.4, -0.2) is 16.7 Å². The maximum atomic E-state index is 11.5. The number of ether oxygens (including phenoxy) is 1. The first-order valence-corrected chi connectivity index (χ1v) is 6.61. The minimum absolute atomic E-state index is 0.513. The fraction of sp³-hybridized carbons (Fsp3) is 0.571. The normalized spacial score (nSPS) is 10.9. The molecule has 2 N–H and O–H groups in total. The van der Waals surface area contributed by atoms with Crippen molar-refractivity contribution in [3.63, 3.8) is 0 Å². The minimum atomic E-state index is -0.514. The molecule has 0 unspecified atom stereocenters. The molecule has 0 aliphatic rings. The van der Waals surface area contributed by atoms with Crippen molar-refractivity contribution in [3.05, 3.63) is 23.9 Å². The summed E-state index contributed by atoms with van der Waals surface area (Å²) < 4.78 is 5.14. The molecule has 0 aliphatic heterocycles. The molecule has 0 bridgehead atoms. The number of rotatable bonds is 5. The summed E-state index contributed by atoms with van der Waals surface area (Å²) >= 11 is 0. The van der Waals surface area contributed by atoms with Gasteiger partial charge in [-0.2, -0.15) is 0 Å². The van der Waals surface area contributed by atoms with E-state index in [0.29, 0.717) is 5.82 Å². The van der Waals surface area contributed by atoms with E-state index in [1.54, 1.807) is 6.20 Å². The van der Waals surface area contributed by atoms with E-state index in [0.717, 1.165) is 24.8 Å². The highest BCUT2D eigenvalue weighted by molar-refractivity contribution is 5.69. The Morgan fingerprint density at radius 2 is 2.16 bits per heavy atom. The molecule has 0 atom stereocenters. The van der Waals surface area contributed by atoms with Gasteiger partial charge in [-0.05, 0) is 45.2 Å². The summed E-state index contributed by atoms with van der Waals surface area (Å²) in [6, 6.07) is 3.89. The van der Waals surface area contributed by atoms with Crippen LogP contribution in [0, 0.1) is 0 Å². The van der Waals surface area contributed by atoms with Gasteiger partial charge in [-0.3, -0.25) is 5.43 Å². The molecule has 0 spiro atoms. The smallest absolute Gasteiger partial charge is 0.426 e. The number of carbonyl (C=O) groups excluding carboxylic acids is 1. The van der Waals surface area contributed by atoms with Crippen LogP contribution in [0.15, 0.2) is 18.3 Å². The van der Waals surface area contributed by atoms with Crippen LogP contribution in [0.4, 0.5) is 10.6 Å². The van der Waals surface area contributed by atoms with Gasteiger partial charge in [0, 0.05) is 6.20 Å². The molecule has 5 heteroatoms. The number of nitrogens with zero attached hydrogens (tertiary/aromatic N) is 1. The molecule has 0 fully saturated rings.